The molecule has 0 radical (unpaired) electrons. The van der Waals surface area contributed by atoms with Crippen LogP contribution in [0.15, 0.2) is 24.3 Å². The van der Waals surface area contributed by atoms with Crippen molar-refractivity contribution in [3.63, 3.8) is 0 Å². The molecule has 134 valence electrons. The molecule has 0 aliphatic carbocycles. The van der Waals surface area contributed by atoms with Gasteiger partial charge in [0.15, 0.2) is 23.3 Å². The Kier molecular flexibility index (Phi) is 5.95. The number of carbonyl (C=O) groups is 1. The summed E-state index contributed by atoms with van der Waals surface area (Å²) in [5, 5.41) is 0. The molecule has 25 heavy (non-hydrogen) atoms. The lowest BCUT2D eigenvalue weighted by molar-refractivity contribution is 0.0462. The molecule has 0 aliphatic heterocycles. The molecule has 0 saturated heterocycles. The fraction of sp³-hybridized carbons (Fsp3) is 0.235. The minimum Gasteiger partial charge on any atom is -0.494 e. The van der Waals surface area contributed by atoms with Gasteiger partial charge in [-0.25, -0.2) is 26.7 Å². The molecule has 3 nitrogen and oxygen atoms in total. The van der Waals surface area contributed by atoms with Gasteiger partial charge in [0.1, 0.15) is 12.4 Å². The second-order valence-corrected chi connectivity index (χ2v) is 5.00. The Balaban J connectivity index is 2.10. The maximum atomic E-state index is 13.5. The van der Waals surface area contributed by atoms with Crippen LogP contribution in [0.2, 0.25) is 0 Å². The Morgan fingerprint density at radius 2 is 1.40 bits per heavy atom. The number of rotatable bonds is 6. The number of benzene rings is 2. The number of hydrogen-bond donors (Lipinski definition) is 0. The van der Waals surface area contributed by atoms with E-state index in [0.717, 1.165) is 6.42 Å². The van der Waals surface area contributed by atoms with Crippen molar-refractivity contribution in [3.8, 4) is 5.75 Å². The minimum atomic E-state index is -2.27. The van der Waals surface area contributed by atoms with Crippen molar-refractivity contribution in [3.05, 3.63) is 64.5 Å². The van der Waals surface area contributed by atoms with Crippen molar-refractivity contribution in [2.24, 2.45) is 0 Å². The van der Waals surface area contributed by atoms with Gasteiger partial charge in [0.25, 0.3) is 0 Å². The molecule has 0 bridgehead atoms. The monoisotopic (exact) mass is 360 g/mol. The predicted octanol–water partition coefficient (Wildman–Crippen LogP) is 4.53. The highest BCUT2D eigenvalue weighted by Gasteiger charge is 2.26. The van der Waals surface area contributed by atoms with E-state index in [1.54, 1.807) is 0 Å². The molecule has 2 aromatic rings. The molecule has 0 spiro atoms. The first-order chi connectivity index (χ1) is 11.9. The van der Waals surface area contributed by atoms with E-state index < -0.39 is 47.2 Å². The minimum absolute atomic E-state index is 0.0349. The molecule has 2 aromatic carbocycles. The standard InChI is InChI=1S/C17H13F5O3/c1-2-7-24-10-5-3-9(4-6-10)17(23)25-8-11-12(18)14(20)16(22)15(21)13(11)19/h3-6H,2,7-8H2,1H3. The first-order valence-corrected chi connectivity index (χ1v) is 7.27. The summed E-state index contributed by atoms with van der Waals surface area (Å²) in [7, 11) is 0. The summed E-state index contributed by atoms with van der Waals surface area (Å²) in [6.07, 6.45) is 0.797. The molecule has 8 heteroatoms. The molecule has 0 heterocycles. The topological polar surface area (TPSA) is 35.5 Å². The van der Waals surface area contributed by atoms with Crippen molar-refractivity contribution in [1.29, 1.82) is 0 Å². The highest BCUT2D eigenvalue weighted by molar-refractivity contribution is 5.89. The quantitative estimate of drug-likeness (QED) is 0.329. The summed E-state index contributed by atoms with van der Waals surface area (Å²) in [5.41, 5.74) is -1.18. The SMILES string of the molecule is CCCOc1ccc(C(=O)OCc2c(F)c(F)c(F)c(F)c2F)cc1. The molecule has 0 aromatic heterocycles. The molecule has 0 unspecified atom stereocenters. The van der Waals surface area contributed by atoms with Gasteiger partial charge in [-0.05, 0) is 30.7 Å². The first-order valence-electron chi connectivity index (χ1n) is 7.27. The van der Waals surface area contributed by atoms with Crippen LogP contribution in [-0.4, -0.2) is 12.6 Å². The molecule has 0 amide bonds. The lowest BCUT2D eigenvalue weighted by atomic mass is 10.1. The Morgan fingerprint density at radius 3 is 1.92 bits per heavy atom. The average molecular weight is 360 g/mol. The Hall–Kier alpha value is -2.64. The maximum Gasteiger partial charge on any atom is 0.338 e. The van der Waals surface area contributed by atoms with Gasteiger partial charge in [-0.15, -0.1) is 0 Å². The molecular weight excluding hydrogens is 347 g/mol. The lowest BCUT2D eigenvalue weighted by Crippen LogP contribution is -2.11. The van der Waals surface area contributed by atoms with Crippen LogP contribution in [0.4, 0.5) is 22.0 Å². The fourth-order valence-electron chi connectivity index (χ4n) is 1.91. The first kappa shape index (κ1) is 18.7. The predicted molar refractivity (Wildman–Crippen MR) is 77.6 cm³/mol. The van der Waals surface area contributed by atoms with Crippen molar-refractivity contribution >= 4 is 5.97 Å². The highest BCUT2D eigenvalue weighted by Crippen LogP contribution is 2.24. The molecule has 0 N–H and O–H groups in total. The van der Waals surface area contributed by atoms with Crippen LogP contribution in [0.5, 0.6) is 5.75 Å². The van der Waals surface area contributed by atoms with E-state index in [0.29, 0.717) is 12.4 Å². The van der Waals surface area contributed by atoms with Crippen LogP contribution in [-0.2, 0) is 11.3 Å². The number of esters is 1. The van der Waals surface area contributed by atoms with E-state index >= 15 is 0 Å². The van der Waals surface area contributed by atoms with Crippen molar-refractivity contribution in [1.82, 2.24) is 0 Å². The summed E-state index contributed by atoms with van der Waals surface area (Å²) < 4.78 is 76.0. The zero-order chi connectivity index (χ0) is 18.6. The van der Waals surface area contributed by atoms with Gasteiger partial charge < -0.3 is 9.47 Å². The van der Waals surface area contributed by atoms with E-state index in [9.17, 15) is 26.7 Å². The zero-order valence-electron chi connectivity index (χ0n) is 13.0. The molecule has 0 fully saturated rings. The third kappa shape index (κ3) is 4.07. The third-order valence-corrected chi connectivity index (χ3v) is 3.21. The van der Waals surface area contributed by atoms with Crippen LogP contribution in [0.25, 0.3) is 0 Å². The normalized spacial score (nSPS) is 10.6. The number of carbonyl (C=O) groups excluding carboxylic acids is 1. The van der Waals surface area contributed by atoms with Crippen molar-refractivity contribution in [2.75, 3.05) is 6.61 Å². The molecule has 0 atom stereocenters. The Labute approximate surface area is 140 Å². The Morgan fingerprint density at radius 1 is 0.880 bits per heavy atom. The van der Waals surface area contributed by atoms with Crippen molar-refractivity contribution < 1.29 is 36.2 Å². The fourth-order valence-corrected chi connectivity index (χ4v) is 1.91. The molecule has 2 rings (SSSR count). The number of ether oxygens (including phenoxy) is 2. The van der Waals surface area contributed by atoms with Crippen LogP contribution in [0.3, 0.4) is 0 Å². The van der Waals surface area contributed by atoms with Gasteiger partial charge in [0, 0.05) is 0 Å². The molecule has 0 aliphatic rings. The maximum absolute atomic E-state index is 13.5. The molecule has 0 saturated carbocycles. The third-order valence-electron chi connectivity index (χ3n) is 3.21. The van der Waals surface area contributed by atoms with E-state index in [1.165, 1.54) is 24.3 Å². The van der Waals surface area contributed by atoms with Gasteiger partial charge in [-0.2, -0.15) is 0 Å². The van der Waals surface area contributed by atoms with Gasteiger partial charge in [0.2, 0.25) is 5.82 Å². The summed E-state index contributed by atoms with van der Waals surface area (Å²) in [4.78, 5) is 11.8. The van der Waals surface area contributed by atoms with E-state index in [1.807, 2.05) is 6.92 Å². The van der Waals surface area contributed by atoms with Crippen molar-refractivity contribution in [2.45, 2.75) is 20.0 Å². The zero-order valence-corrected chi connectivity index (χ0v) is 13.0. The molecular formula is C17H13F5O3. The van der Waals surface area contributed by atoms with Gasteiger partial charge >= 0.3 is 5.97 Å². The van der Waals surface area contributed by atoms with Gasteiger partial charge in [-0.1, -0.05) is 6.92 Å². The smallest absolute Gasteiger partial charge is 0.338 e. The van der Waals surface area contributed by atoms with Gasteiger partial charge in [-0.3, -0.25) is 0 Å². The lowest BCUT2D eigenvalue weighted by Gasteiger charge is -2.10. The average Bonchev–Trinajstić information content (AvgIpc) is 2.63. The largest absolute Gasteiger partial charge is 0.494 e. The Bertz CT molecular complexity index is 746. The van der Waals surface area contributed by atoms with Crippen LogP contribution in [0.1, 0.15) is 29.3 Å². The van der Waals surface area contributed by atoms with Gasteiger partial charge in [0.05, 0.1) is 17.7 Å². The van der Waals surface area contributed by atoms with Crippen LogP contribution in [0, 0.1) is 29.1 Å². The number of hydrogen-bond acceptors (Lipinski definition) is 3. The second-order valence-electron chi connectivity index (χ2n) is 5.00. The van der Waals surface area contributed by atoms with E-state index in [-0.39, 0.29) is 5.56 Å². The summed E-state index contributed by atoms with van der Waals surface area (Å²) >= 11 is 0. The summed E-state index contributed by atoms with van der Waals surface area (Å²) in [6.45, 7) is 1.31. The number of halogens is 5. The second kappa shape index (κ2) is 7.96. The van der Waals surface area contributed by atoms with E-state index in [2.05, 4.69) is 4.74 Å². The van der Waals surface area contributed by atoms with Crippen LogP contribution < -0.4 is 4.74 Å². The summed E-state index contributed by atoms with van der Waals surface area (Å²) in [6, 6.07) is 5.69. The highest BCUT2D eigenvalue weighted by atomic mass is 19.2. The summed E-state index contributed by atoms with van der Waals surface area (Å²) in [5.74, 6) is -11.0. The van der Waals surface area contributed by atoms with E-state index in [4.69, 9.17) is 4.74 Å². The van der Waals surface area contributed by atoms with Crippen LogP contribution >= 0.6 is 0 Å².